The Morgan fingerprint density at radius 1 is 0.696 bits per heavy atom. The molecule has 0 aliphatic carbocycles. The van der Waals surface area contributed by atoms with Gasteiger partial charge in [-0.25, -0.2) is 4.67 Å². The van der Waals surface area contributed by atoms with Crippen LogP contribution in [0.3, 0.4) is 0 Å². The predicted octanol–water partition coefficient (Wildman–Crippen LogP) is 5.21. The van der Waals surface area contributed by atoms with Gasteiger partial charge in [0.1, 0.15) is 18.9 Å². The molecule has 0 bridgehead atoms. The van der Waals surface area contributed by atoms with Gasteiger partial charge in [0.2, 0.25) is 0 Å². The Kier molecular flexibility index (Phi) is 4.79. The molecule has 1 unspecified atom stereocenters. The molecule has 3 aromatic rings. The van der Waals surface area contributed by atoms with Crippen LogP contribution in [0.4, 0.5) is 5.69 Å². The highest BCUT2D eigenvalue weighted by Crippen LogP contribution is 2.60. The second-order valence-electron chi connectivity index (χ2n) is 5.98. The number of hydrogen-bond acceptors (Lipinski definition) is 1. The molecule has 0 spiro atoms. The number of anilines is 1. The van der Waals surface area contributed by atoms with Crippen molar-refractivity contribution >= 4 is 18.4 Å². The number of rotatable bonds is 5. The average Bonchev–Trinajstić information content (AvgIpc) is 2.63. The van der Waals surface area contributed by atoms with Crippen LogP contribution in [0.25, 0.3) is 0 Å². The Hall–Kier alpha value is -2.11. The lowest BCUT2D eigenvalue weighted by Crippen LogP contribution is -2.28. The van der Waals surface area contributed by atoms with Crippen LogP contribution in [0.15, 0.2) is 91.0 Å². The molecule has 3 aromatic carbocycles. The van der Waals surface area contributed by atoms with Gasteiger partial charge in [0.05, 0.1) is 12.4 Å². The summed E-state index contributed by atoms with van der Waals surface area (Å²) in [6.07, 6.45) is 1.07. The second kappa shape index (κ2) is 6.98. The van der Waals surface area contributed by atoms with E-state index in [1.54, 1.807) is 0 Å². The van der Waals surface area contributed by atoms with E-state index in [4.69, 9.17) is 0 Å². The topological polar surface area (TPSA) is 3.24 Å². The molecule has 23 heavy (non-hydrogen) atoms. The molecule has 0 saturated carbocycles. The molecule has 0 N–H and O–H groups in total. The molecule has 116 valence electrons. The van der Waals surface area contributed by atoms with Gasteiger partial charge in [0.25, 0.3) is 0 Å². The first-order valence-electron chi connectivity index (χ1n) is 7.94. The molecule has 1 atom stereocenters. The summed E-state index contributed by atoms with van der Waals surface area (Å²) in [5, 5.41) is 1.44. The van der Waals surface area contributed by atoms with Crippen molar-refractivity contribution in [1.29, 1.82) is 0 Å². The van der Waals surface area contributed by atoms with E-state index in [0.717, 1.165) is 6.16 Å². The monoisotopic (exact) mass is 320 g/mol. The van der Waals surface area contributed by atoms with Crippen molar-refractivity contribution in [3.63, 3.8) is 0 Å². The first-order chi connectivity index (χ1) is 11.2. The van der Waals surface area contributed by atoms with Crippen molar-refractivity contribution in [2.24, 2.45) is 0 Å². The Morgan fingerprint density at radius 3 is 1.74 bits per heavy atom. The SMILES string of the molecule is CN(c1ccccc1)[P+](C)(Cc1ccccc1)c1ccccc1. The van der Waals surface area contributed by atoms with Gasteiger partial charge in [-0.1, -0.05) is 66.7 Å². The van der Waals surface area contributed by atoms with Crippen molar-refractivity contribution in [1.82, 2.24) is 0 Å². The second-order valence-corrected chi connectivity index (χ2v) is 9.69. The van der Waals surface area contributed by atoms with E-state index in [2.05, 4.69) is 109 Å². The minimum atomic E-state index is -1.52. The van der Waals surface area contributed by atoms with E-state index in [-0.39, 0.29) is 0 Å². The van der Waals surface area contributed by atoms with Crippen molar-refractivity contribution < 1.29 is 0 Å². The summed E-state index contributed by atoms with van der Waals surface area (Å²) in [7, 11) is 0.712. The number of para-hydroxylation sites is 1. The standard InChI is InChI=1S/C21H23NP/c1-22(20-14-8-4-9-15-20)23(2,21-16-10-5-11-17-21)18-19-12-6-3-7-13-19/h3-17H,18H2,1-2H3/q+1. The van der Waals surface area contributed by atoms with Crippen LogP contribution in [0, 0.1) is 0 Å². The fourth-order valence-corrected chi connectivity index (χ4v) is 6.08. The van der Waals surface area contributed by atoms with Crippen LogP contribution in [-0.2, 0) is 6.16 Å². The smallest absolute Gasteiger partial charge is 0.138 e. The van der Waals surface area contributed by atoms with E-state index >= 15 is 0 Å². The fraction of sp³-hybridized carbons (Fsp3) is 0.143. The third-order valence-corrected chi connectivity index (χ3v) is 8.38. The molecular weight excluding hydrogens is 297 g/mol. The molecule has 0 heterocycles. The van der Waals surface area contributed by atoms with Crippen LogP contribution >= 0.6 is 7.41 Å². The zero-order chi connectivity index (χ0) is 16.1. The molecule has 0 saturated heterocycles. The van der Waals surface area contributed by atoms with Crippen molar-refractivity contribution in [2.45, 2.75) is 6.16 Å². The maximum Gasteiger partial charge on any atom is 0.138 e. The third kappa shape index (κ3) is 3.46. The van der Waals surface area contributed by atoms with Crippen LogP contribution in [0.5, 0.6) is 0 Å². The van der Waals surface area contributed by atoms with E-state index < -0.39 is 7.41 Å². The molecule has 1 nitrogen and oxygen atoms in total. The lowest BCUT2D eigenvalue weighted by molar-refractivity contribution is 1.26. The molecule has 0 aliphatic heterocycles. The summed E-state index contributed by atoms with van der Waals surface area (Å²) in [5.41, 5.74) is 2.68. The van der Waals surface area contributed by atoms with Gasteiger partial charge in [-0.15, -0.1) is 0 Å². The maximum absolute atomic E-state index is 2.50. The van der Waals surface area contributed by atoms with E-state index in [9.17, 15) is 0 Å². The van der Waals surface area contributed by atoms with Crippen molar-refractivity contribution in [3.8, 4) is 0 Å². The molecule has 0 radical (unpaired) electrons. The summed E-state index contributed by atoms with van der Waals surface area (Å²) in [5.74, 6) is 0. The highest BCUT2D eigenvalue weighted by Gasteiger charge is 2.40. The molecule has 3 rings (SSSR count). The highest BCUT2D eigenvalue weighted by atomic mass is 31.2. The lowest BCUT2D eigenvalue weighted by Gasteiger charge is -2.33. The van der Waals surface area contributed by atoms with Crippen LogP contribution < -0.4 is 9.97 Å². The number of benzene rings is 3. The lowest BCUT2D eigenvalue weighted by atomic mass is 10.2. The minimum absolute atomic E-state index is 1.07. The summed E-state index contributed by atoms with van der Waals surface area (Å²) in [6, 6.07) is 32.5. The first-order valence-corrected chi connectivity index (χ1v) is 10.3. The largest absolute Gasteiger partial charge is 0.247 e. The molecular formula is C21H23NP+. The summed E-state index contributed by atoms with van der Waals surface area (Å²) >= 11 is 0. The van der Waals surface area contributed by atoms with Gasteiger partial charge in [-0.2, -0.15) is 0 Å². The zero-order valence-corrected chi connectivity index (χ0v) is 14.7. The fourth-order valence-electron chi connectivity index (χ4n) is 2.96. The van der Waals surface area contributed by atoms with E-state index in [1.165, 1.54) is 16.6 Å². The quantitative estimate of drug-likeness (QED) is 0.583. The Bertz CT molecular complexity index is 728. The first kappa shape index (κ1) is 15.8. The van der Waals surface area contributed by atoms with Crippen molar-refractivity contribution in [2.75, 3.05) is 18.4 Å². The Balaban J connectivity index is 2.03. The molecule has 2 heteroatoms. The third-order valence-electron chi connectivity index (χ3n) is 4.44. The minimum Gasteiger partial charge on any atom is -0.247 e. The van der Waals surface area contributed by atoms with Crippen LogP contribution in [0.1, 0.15) is 5.56 Å². The van der Waals surface area contributed by atoms with Gasteiger partial charge in [-0.05, 0) is 29.8 Å². The predicted molar refractivity (Wildman–Crippen MR) is 104 cm³/mol. The summed E-state index contributed by atoms with van der Waals surface area (Å²) in [6.45, 7) is 2.43. The number of hydrogen-bond donors (Lipinski definition) is 0. The Labute approximate surface area is 140 Å². The van der Waals surface area contributed by atoms with Crippen LogP contribution in [-0.4, -0.2) is 13.7 Å². The van der Waals surface area contributed by atoms with E-state index in [0.29, 0.717) is 0 Å². The van der Waals surface area contributed by atoms with Gasteiger partial charge >= 0.3 is 0 Å². The molecule has 0 fully saturated rings. The maximum atomic E-state index is 2.50. The molecule has 0 aromatic heterocycles. The normalized spacial score (nSPS) is 13.3. The average molecular weight is 320 g/mol. The number of nitrogens with zero attached hydrogens (tertiary/aromatic N) is 1. The highest BCUT2D eigenvalue weighted by molar-refractivity contribution is 7.82. The van der Waals surface area contributed by atoms with Crippen molar-refractivity contribution in [3.05, 3.63) is 96.6 Å². The summed E-state index contributed by atoms with van der Waals surface area (Å²) in [4.78, 5) is 0. The Morgan fingerprint density at radius 2 is 1.17 bits per heavy atom. The molecule has 0 aliphatic rings. The van der Waals surface area contributed by atoms with Gasteiger partial charge in [-0.3, -0.25) is 0 Å². The van der Waals surface area contributed by atoms with Gasteiger partial charge < -0.3 is 0 Å². The van der Waals surface area contributed by atoms with Gasteiger partial charge in [0, 0.05) is 7.05 Å². The van der Waals surface area contributed by atoms with Crippen LogP contribution in [0.2, 0.25) is 0 Å². The summed E-state index contributed by atoms with van der Waals surface area (Å²) < 4.78 is 2.50. The zero-order valence-electron chi connectivity index (χ0n) is 13.8. The molecule has 0 amide bonds. The van der Waals surface area contributed by atoms with E-state index in [1.807, 2.05) is 0 Å². The van der Waals surface area contributed by atoms with Gasteiger partial charge in [0.15, 0.2) is 0 Å².